The van der Waals surface area contributed by atoms with E-state index in [1.807, 2.05) is 56.3 Å². The summed E-state index contributed by atoms with van der Waals surface area (Å²) in [6.07, 6.45) is -9.71. The van der Waals surface area contributed by atoms with Gasteiger partial charge in [0.25, 0.3) is 0 Å². The van der Waals surface area contributed by atoms with Crippen molar-refractivity contribution in [3.8, 4) is 0 Å². The predicted octanol–water partition coefficient (Wildman–Crippen LogP) is 4.52. The molecule has 1 unspecified atom stereocenters. The van der Waals surface area contributed by atoms with Crippen molar-refractivity contribution in [2.75, 3.05) is 21.2 Å². The van der Waals surface area contributed by atoms with Crippen LogP contribution in [0.2, 0.25) is 0 Å². The molecule has 8 N–H and O–H groups in total. The first kappa shape index (κ1) is 56.7. The second-order valence-electron chi connectivity index (χ2n) is 20.0. The van der Waals surface area contributed by atoms with Crippen LogP contribution in [0.3, 0.4) is 0 Å². The highest BCUT2D eigenvalue weighted by molar-refractivity contribution is 7.19. The fourth-order valence-corrected chi connectivity index (χ4v) is 11.0. The number of carbonyl (C=O) groups is 3. The van der Waals surface area contributed by atoms with Crippen LogP contribution in [-0.2, 0) is 38.0 Å². The van der Waals surface area contributed by atoms with Crippen LogP contribution in [-0.4, -0.2) is 164 Å². The maximum Gasteiger partial charge on any atom is 0.339 e. The Labute approximate surface area is 399 Å². The SMILES string of the molecule is CC(c1cc2ccccc2s1)N(O)C(N)=O.CC[C@H]1OC(=O)[C@H](C)[C@@H](O[C@H]2C[C@@](C)(OC)[C@@H](O)[C@H](C)O2)[C@H](C)[C@@H](O[C@@H]2O[C@H](C)C[C@H](N(C)C)[C@H]2O)[C@](C)(O)C[C@@H](C)C(=O)[C@H](C)[C@@H](O)[C@]1(C)O. The lowest BCUT2D eigenvalue weighted by atomic mass is 9.74. The molecular formula is C48H79N3O15S. The van der Waals surface area contributed by atoms with E-state index in [2.05, 4.69) is 0 Å². The van der Waals surface area contributed by atoms with E-state index in [-0.39, 0.29) is 31.4 Å². The van der Waals surface area contributed by atoms with Crippen LogP contribution in [0.5, 0.6) is 0 Å². The third-order valence-corrected chi connectivity index (χ3v) is 15.6. The van der Waals surface area contributed by atoms with Crippen LogP contribution in [0.1, 0.15) is 113 Å². The normalized spacial score (nSPS) is 40.9. The number of aliphatic hydroxyl groups is 5. The van der Waals surface area contributed by atoms with E-state index in [0.29, 0.717) is 11.5 Å². The third kappa shape index (κ3) is 12.9. The lowest BCUT2D eigenvalue weighted by Crippen LogP contribution is -2.61. The van der Waals surface area contributed by atoms with Crippen LogP contribution in [0, 0.1) is 23.7 Å². The van der Waals surface area contributed by atoms with Gasteiger partial charge in [0.05, 0.1) is 53.7 Å². The first-order chi connectivity index (χ1) is 31.0. The number of esters is 1. The van der Waals surface area contributed by atoms with E-state index < -0.39 is 120 Å². The molecule has 5 rings (SSSR count). The molecule has 1 aromatic heterocycles. The summed E-state index contributed by atoms with van der Waals surface area (Å²) in [4.78, 5) is 41.5. The number of rotatable bonds is 9. The summed E-state index contributed by atoms with van der Waals surface area (Å²) in [6.45, 7) is 18.1. The molecule has 19 atom stereocenters. The molecule has 0 aliphatic carbocycles. The Balaban J connectivity index is 0.000000510. The van der Waals surface area contributed by atoms with Crippen LogP contribution in [0.4, 0.5) is 4.79 Å². The fourth-order valence-electron chi connectivity index (χ4n) is 9.93. The second-order valence-corrected chi connectivity index (χ2v) is 21.1. The van der Waals surface area contributed by atoms with Crippen molar-refractivity contribution in [1.29, 1.82) is 0 Å². The number of cyclic esters (lactones) is 1. The number of nitrogens with two attached hydrogens (primary N) is 1. The summed E-state index contributed by atoms with van der Waals surface area (Å²) in [7, 11) is 5.18. The third-order valence-electron chi connectivity index (χ3n) is 14.3. The molecule has 382 valence electrons. The molecule has 67 heavy (non-hydrogen) atoms. The number of urea groups is 1. The largest absolute Gasteiger partial charge is 0.459 e. The van der Waals surface area contributed by atoms with Gasteiger partial charge < -0.3 is 64.6 Å². The van der Waals surface area contributed by atoms with Crippen molar-refractivity contribution >= 4 is 39.2 Å². The number of amides is 2. The molecular weight excluding hydrogens is 891 g/mol. The summed E-state index contributed by atoms with van der Waals surface area (Å²) in [5, 5.41) is 68.7. The van der Waals surface area contributed by atoms with Crippen LogP contribution in [0.25, 0.3) is 10.1 Å². The highest BCUT2D eigenvalue weighted by Crippen LogP contribution is 2.41. The van der Waals surface area contributed by atoms with Crippen molar-refractivity contribution in [2.24, 2.45) is 29.4 Å². The number of aliphatic hydroxyl groups excluding tert-OH is 3. The molecule has 0 radical (unpaired) electrons. The summed E-state index contributed by atoms with van der Waals surface area (Å²) < 4.78 is 38.2. The summed E-state index contributed by atoms with van der Waals surface area (Å²) in [6, 6.07) is 8.27. The van der Waals surface area contributed by atoms with E-state index in [4.69, 9.17) is 34.2 Å². The van der Waals surface area contributed by atoms with Gasteiger partial charge in [-0.1, -0.05) is 45.9 Å². The van der Waals surface area contributed by atoms with Crippen LogP contribution >= 0.6 is 11.3 Å². The number of fused-ring (bicyclic) bond motifs is 1. The number of carbonyl (C=O) groups excluding carboxylic acids is 3. The summed E-state index contributed by atoms with van der Waals surface area (Å²) >= 11 is 1.54. The van der Waals surface area contributed by atoms with Gasteiger partial charge in [-0.15, -0.1) is 11.3 Å². The molecule has 0 bridgehead atoms. The molecule has 2 aromatic rings. The second kappa shape index (κ2) is 22.9. The molecule has 3 aliphatic heterocycles. The van der Waals surface area contributed by atoms with Gasteiger partial charge in [-0.3, -0.25) is 14.8 Å². The van der Waals surface area contributed by atoms with Gasteiger partial charge in [0.2, 0.25) is 0 Å². The molecule has 0 spiro atoms. The number of ketones is 1. The molecule has 4 heterocycles. The quantitative estimate of drug-likeness (QED) is 0.104. The van der Waals surface area contributed by atoms with Crippen molar-refractivity contribution in [3.05, 3.63) is 35.2 Å². The van der Waals surface area contributed by atoms with Crippen molar-refractivity contribution in [2.45, 2.75) is 192 Å². The number of primary amides is 1. The number of hydroxylamine groups is 2. The predicted molar refractivity (Wildman–Crippen MR) is 250 cm³/mol. The van der Waals surface area contributed by atoms with Gasteiger partial charge in [0, 0.05) is 46.9 Å². The van der Waals surface area contributed by atoms with Gasteiger partial charge in [-0.2, -0.15) is 5.06 Å². The monoisotopic (exact) mass is 970 g/mol. The van der Waals surface area contributed by atoms with Crippen LogP contribution in [0.15, 0.2) is 30.3 Å². The number of nitrogens with zero attached hydrogens (tertiary/aromatic N) is 2. The minimum Gasteiger partial charge on any atom is -0.459 e. The molecule has 18 nitrogen and oxygen atoms in total. The molecule has 3 fully saturated rings. The Morgan fingerprint density at radius 1 is 0.955 bits per heavy atom. The Hall–Kier alpha value is -2.89. The first-order valence-electron chi connectivity index (χ1n) is 23.3. The Morgan fingerprint density at radius 2 is 1.58 bits per heavy atom. The zero-order valence-electron chi connectivity index (χ0n) is 41.7. The maximum atomic E-state index is 14.1. The highest BCUT2D eigenvalue weighted by atomic mass is 32.1. The summed E-state index contributed by atoms with van der Waals surface area (Å²) in [5.74, 6) is -4.98. The fraction of sp³-hybridized carbons (Fsp3) is 0.771. The van der Waals surface area contributed by atoms with E-state index in [1.54, 1.807) is 59.8 Å². The number of Topliss-reactive ketones (excluding diaryl/α,β-unsaturated/α-hetero) is 1. The van der Waals surface area contributed by atoms with E-state index in [0.717, 1.165) is 15.0 Å². The first-order valence-corrected chi connectivity index (χ1v) is 24.2. The van der Waals surface area contributed by atoms with Crippen LogP contribution < -0.4 is 5.73 Å². The van der Waals surface area contributed by atoms with Gasteiger partial charge in [0.1, 0.15) is 29.7 Å². The molecule has 3 aliphatic rings. The number of benzene rings is 1. The minimum atomic E-state index is -1.99. The summed E-state index contributed by atoms with van der Waals surface area (Å²) in [5.41, 5.74) is 0.171. The van der Waals surface area contributed by atoms with Crippen molar-refractivity contribution < 1.29 is 73.5 Å². The number of methoxy groups -OCH3 is 1. The zero-order chi connectivity index (χ0) is 50.7. The number of thiophene rings is 1. The zero-order valence-corrected chi connectivity index (χ0v) is 42.5. The minimum absolute atomic E-state index is 0.0936. The number of ether oxygens (including phenoxy) is 6. The number of hydrogen-bond donors (Lipinski definition) is 7. The highest BCUT2D eigenvalue weighted by Gasteiger charge is 2.53. The number of hydrogen-bond acceptors (Lipinski definition) is 17. The Kier molecular flexibility index (Phi) is 19.4. The topological polar surface area (TPSA) is 260 Å². The smallest absolute Gasteiger partial charge is 0.339 e. The van der Waals surface area contributed by atoms with E-state index in [1.165, 1.54) is 27.9 Å². The maximum absolute atomic E-state index is 14.1. The van der Waals surface area contributed by atoms with Gasteiger partial charge in [-0.05, 0) is 99.3 Å². The van der Waals surface area contributed by atoms with Gasteiger partial charge >= 0.3 is 12.0 Å². The Bertz CT molecular complexity index is 1920. The average Bonchev–Trinajstić information content (AvgIpc) is 3.71. The lowest BCUT2D eigenvalue weighted by Gasteiger charge is -2.49. The Morgan fingerprint density at radius 3 is 2.15 bits per heavy atom. The standard InChI is InChI=1S/C37H67NO13.C11H12N2O2S/c1-14-25-37(10,45)30(41)20(4)27(39)18(2)16-35(8,44)32(51-34-28(40)24(38(11)12)15-19(3)47-34)21(5)29(22(6)33(43)49-25)50-26-17-36(9,46-13)31(42)23(7)48-26;1-7(13(15)11(12)14)10-6-8-4-2-3-5-9(8)16-10/h18-26,28-32,34,40-42,44-45H,14-17H2,1-13H3;2-7,15H,1H3,(H2,12,14)/t18-,19-,20+,21+,22-,23+,24+,25-,26+,28-,29+,30-,31+,32-,34+,35-,36-,37-;/m1./s1. The molecule has 0 saturated carbocycles. The van der Waals surface area contributed by atoms with Gasteiger partial charge in [-0.25, -0.2) is 4.79 Å². The lowest BCUT2D eigenvalue weighted by molar-refractivity contribution is -0.318. The van der Waals surface area contributed by atoms with Gasteiger partial charge in [0.15, 0.2) is 12.6 Å². The average molecular weight is 970 g/mol. The number of likely N-dealkylation sites (N-methyl/N-ethyl adjacent to an activating group) is 1. The molecule has 1 aromatic carbocycles. The van der Waals surface area contributed by atoms with E-state index >= 15 is 0 Å². The van der Waals surface area contributed by atoms with Crippen molar-refractivity contribution in [1.82, 2.24) is 9.96 Å². The van der Waals surface area contributed by atoms with E-state index in [9.17, 15) is 45.1 Å². The van der Waals surface area contributed by atoms with Crippen molar-refractivity contribution in [3.63, 3.8) is 0 Å². The molecule has 2 amide bonds. The molecule has 19 heteroatoms. The molecule has 3 saturated heterocycles.